The summed E-state index contributed by atoms with van der Waals surface area (Å²) in [5.74, 6) is 0.824. The van der Waals surface area contributed by atoms with E-state index in [1.54, 1.807) is 0 Å². The van der Waals surface area contributed by atoms with Gasteiger partial charge in [0.15, 0.2) is 0 Å². The highest BCUT2D eigenvalue weighted by Gasteiger charge is 2.31. The lowest BCUT2D eigenvalue weighted by atomic mass is 10.2. The van der Waals surface area contributed by atoms with Crippen LogP contribution in [0.25, 0.3) is 0 Å². The summed E-state index contributed by atoms with van der Waals surface area (Å²) in [6.07, 6.45) is 0.223. The topological polar surface area (TPSA) is 61.9 Å². The van der Waals surface area contributed by atoms with Crippen LogP contribution in [0.4, 0.5) is 11.4 Å². The smallest absolute Gasteiger partial charge is 0.238 e. The number of ether oxygens (including phenoxy) is 1. The number of carbonyl (C=O) groups is 2. The lowest BCUT2D eigenvalue weighted by Crippen LogP contribution is -2.49. The molecule has 0 radical (unpaired) electrons. The maximum atomic E-state index is 12.8. The molecule has 1 fully saturated rings. The largest absolute Gasteiger partial charge is 0.492 e. The number of nitrogens with one attached hydrogen (secondary N) is 1. The van der Waals surface area contributed by atoms with Crippen molar-refractivity contribution in [2.24, 2.45) is 0 Å². The fourth-order valence-corrected chi connectivity index (χ4v) is 4.81. The molecule has 29 heavy (non-hydrogen) atoms. The normalized spacial score (nSPS) is 18.8. The highest BCUT2D eigenvalue weighted by molar-refractivity contribution is 8.01. The van der Waals surface area contributed by atoms with E-state index in [9.17, 15) is 9.59 Å². The van der Waals surface area contributed by atoms with Crippen LogP contribution in [0.5, 0.6) is 5.75 Å². The summed E-state index contributed by atoms with van der Waals surface area (Å²) in [5, 5.41) is 2.53. The molecule has 2 aliphatic heterocycles. The monoisotopic (exact) mass is 411 g/mol. The van der Waals surface area contributed by atoms with Crippen molar-refractivity contribution < 1.29 is 14.3 Å². The van der Waals surface area contributed by atoms with Crippen LogP contribution >= 0.6 is 11.8 Å². The molecular formula is C22H25N3O3S. The van der Waals surface area contributed by atoms with Gasteiger partial charge >= 0.3 is 0 Å². The van der Waals surface area contributed by atoms with E-state index in [2.05, 4.69) is 16.3 Å². The Balaban J connectivity index is 1.35. The molecular weight excluding hydrogens is 386 g/mol. The molecule has 2 aromatic rings. The van der Waals surface area contributed by atoms with Crippen molar-refractivity contribution in [1.82, 2.24) is 4.90 Å². The summed E-state index contributed by atoms with van der Waals surface area (Å²) < 4.78 is 5.74. The van der Waals surface area contributed by atoms with Gasteiger partial charge in [0.05, 0.1) is 23.2 Å². The first-order valence-corrected chi connectivity index (χ1v) is 10.8. The Morgan fingerprint density at radius 3 is 2.62 bits per heavy atom. The first kappa shape index (κ1) is 19.6. The standard InChI is InChI=1S/C22H25N3O3S/c1-2-28-18-9-5-4-8-17(18)24-11-13-25(14-12-24)21(26)15-20-22(27)23-16-7-3-6-10-19(16)29-20/h3-10,20H,2,11-15H2,1H3,(H,23,27)/t20-/m1/s1. The van der Waals surface area contributed by atoms with Gasteiger partial charge in [0.2, 0.25) is 11.8 Å². The second kappa shape index (κ2) is 8.78. The molecule has 0 saturated carbocycles. The van der Waals surface area contributed by atoms with Crippen molar-refractivity contribution >= 4 is 35.0 Å². The Kier molecular flexibility index (Phi) is 5.94. The van der Waals surface area contributed by atoms with Crippen LogP contribution in [0.2, 0.25) is 0 Å². The van der Waals surface area contributed by atoms with Crippen LogP contribution in [0.1, 0.15) is 13.3 Å². The number of rotatable bonds is 5. The molecule has 1 N–H and O–H groups in total. The Morgan fingerprint density at radius 2 is 1.83 bits per heavy atom. The Bertz CT molecular complexity index is 896. The Labute approximate surface area is 175 Å². The molecule has 152 valence electrons. The summed E-state index contributed by atoms with van der Waals surface area (Å²) in [5.41, 5.74) is 1.90. The summed E-state index contributed by atoms with van der Waals surface area (Å²) in [6.45, 7) is 5.40. The minimum atomic E-state index is -0.380. The highest BCUT2D eigenvalue weighted by Crippen LogP contribution is 2.37. The third-order valence-corrected chi connectivity index (χ3v) is 6.48. The molecule has 1 atom stereocenters. The molecule has 1 saturated heterocycles. The van der Waals surface area contributed by atoms with Crippen molar-refractivity contribution in [3.05, 3.63) is 48.5 Å². The molecule has 0 spiro atoms. The van der Waals surface area contributed by atoms with Gasteiger partial charge in [0.25, 0.3) is 0 Å². The van der Waals surface area contributed by atoms with E-state index in [-0.39, 0.29) is 23.5 Å². The molecule has 0 unspecified atom stereocenters. The van der Waals surface area contributed by atoms with Crippen LogP contribution in [-0.2, 0) is 9.59 Å². The number of thioether (sulfide) groups is 1. The number of benzene rings is 2. The first-order valence-electron chi connectivity index (χ1n) is 9.97. The van der Waals surface area contributed by atoms with E-state index < -0.39 is 0 Å². The predicted molar refractivity (Wildman–Crippen MR) is 116 cm³/mol. The molecule has 0 aliphatic carbocycles. The number of carbonyl (C=O) groups excluding carboxylic acids is 2. The van der Waals surface area contributed by atoms with E-state index in [1.165, 1.54) is 11.8 Å². The third-order valence-electron chi connectivity index (χ3n) is 5.20. The second-order valence-corrected chi connectivity index (χ2v) is 8.31. The van der Waals surface area contributed by atoms with Crippen molar-refractivity contribution in [2.75, 3.05) is 43.0 Å². The third kappa shape index (κ3) is 4.34. The number of piperazine rings is 1. The van der Waals surface area contributed by atoms with Gasteiger partial charge in [0.1, 0.15) is 5.75 Å². The van der Waals surface area contributed by atoms with Crippen molar-refractivity contribution in [2.45, 2.75) is 23.5 Å². The molecule has 2 amide bonds. The number of amides is 2. The van der Waals surface area contributed by atoms with E-state index in [0.717, 1.165) is 35.1 Å². The minimum Gasteiger partial charge on any atom is -0.492 e. The number of anilines is 2. The van der Waals surface area contributed by atoms with Gasteiger partial charge < -0.3 is 19.9 Å². The molecule has 0 bridgehead atoms. The van der Waals surface area contributed by atoms with Gasteiger partial charge in [-0.05, 0) is 31.2 Å². The van der Waals surface area contributed by atoms with Gasteiger partial charge in [-0.2, -0.15) is 0 Å². The number of hydrogen-bond donors (Lipinski definition) is 1. The van der Waals surface area contributed by atoms with Gasteiger partial charge in [-0.3, -0.25) is 9.59 Å². The summed E-state index contributed by atoms with van der Waals surface area (Å²) in [6, 6.07) is 15.7. The summed E-state index contributed by atoms with van der Waals surface area (Å²) >= 11 is 1.48. The van der Waals surface area contributed by atoms with Crippen LogP contribution < -0.4 is 15.0 Å². The van der Waals surface area contributed by atoms with Crippen molar-refractivity contribution in [3.63, 3.8) is 0 Å². The van der Waals surface area contributed by atoms with Gasteiger partial charge in [-0.15, -0.1) is 11.8 Å². The van der Waals surface area contributed by atoms with E-state index in [4.69, 9.17) is 4.74 Å². The molecule has 2 aromatic carbocycles. The second-order valence-electron chi connectivity index (χ2n) is 7.06. The number of para-hydroxylation sites is 3. The number of hydrogen-bond acceptors (Lipinski definition) is 5. The lowest BCUT2D eigenvalue weighted by molar-refractivity contribution is -0.132. The maximum Gasteiger partial charge on any atom is 0.238 e. The number of nitrogens with zero attached hydrogens (tertiary/aromatic N) is 2. The Morgan fingerprint density at radius 1 is 1.10 bits per heavy atom. The van der Waals surface area contributed by atoms with Crippen LogP contribution in [-0.4, -0.2) is 54.8 Å². The predicted octanol–water partition coefficient (Wildman–Crippen LogP) is 3.24. The average Bonchev–Trinajstić information content (AvgIpc) is 2.75. The van der Waals surface area contributed by atoms with E-state index in [0.29, 0.717) is 19.7 Å². The summed E-state index contributed by atoms with van der Waals surface area (Å²) in [7, 11) is 0. The van der Waals surface area contributed by atoms with Gasteiger partial charge in [-0.1, -0.05) is 24.3 Å². The highest BCUT2D eigenvalue weighted by atomic mass is 32.2. The minimum absolute atomic E-state index is 0.0368. The molecule has 0 aromatic heterocycles. The maximum absolute atomic E-state index is 12.8. The van der Waals surface area contributed by atoms with Crippen molar-refractivity contribution in [1.29, 1.82) is 0 Å². The van der Waals surface area contributed by atoms with Crippen LogP contribution in [0.3, 0.4) is 0 Å². The SMILES string of the molecule is CCOc1ccccc1N1CCN(C(=O)C[C@H]2Sc3ccccc3NC2=O)CC1. The first-order chi connectivity index (χ1) is 14.2. The molecule has 4 rings (SSSR count). The van der Waals surface area contributed by atoms with Crippen LogP contribution in [0.15, 0.2) is 53.4 Å². The fraction of sp³-hybridized carbons (Fsp3) is 0.364. The zero-order chi connectivity index (χ0) is 20.2. The molecule has 2 heterocycles. The van der Waals surface area contributed by atoms with Gasteiger partial charge in [0, 0.05) is 37.5 Å². The van der Waals surface area contributed by atoms with E-state index in [1.807, 2.05) is 54.3 Å². The fourth-order valence-electron chi connectivity index (χ4n) is 3.71. The van der Waals surface area contributed by atoms with E-state index >= 15 is 0 Å². The zero-order valence-corrected chi connectivity index (χ0v) is 17.3. The quantitative estimate of drug-likeness (QED) is 0.819. The zero-order valence-electron chi connectivity index (χ0n) is 16.5. The lowest BCUT2D eigenvalue weighted by Gasteiger charge is -2.37. The molecule has 6 nitrogen and oxygen atoms in total. The van der Waals surface area contributed by atoms with Crippen LogP contribution in [0, 0.1) is 0 Å². The molecule has 7 heteroatoms. The summed E-state index contributed by atoms with van der Waals surface area (Å²) in [4.78, 5) is 30.4. The van der Waals surface area contributed by atoms with Crippen molar-refractivity contribution in [3.8, 4) is 5.75 Å². The average molecular weight is 412 g/mol. The number of fused-ring (bicyclic) bond motifs is 1. The van der Waals surface area contributed by atoms with Gasteiger partial charge in [-0.25, -0.2) is 0 Å². The Hall–Kier alpha value is -2.67. The molecule has 2 aliphatic rings.